The molecule has 0 unspecified atom stereocenters. The third-order valence-corrected chi connectivity index (χ3v) is 3.70. The molecule has 3 aromatic rings. The van der Waals surface area contributed by atoms with E-state index in [9.17, 15) is 9.59 Å². The van der Waals surface area contributed by atoms with E-state index in [4.69, 9.17) is 0 Å². The minimum Gasteiger partial charge on any atom is -0.336 e. The van der Waals surface area contributed by atoms with Crippen LogP contribution in [0.1, 0.15) is 0 Å². The van der Waals surface area contributed by atoms with Crippen molar-refractivity contribution >= 4 is 22.8 Å². The summed E-state index contributed by atoms with van der Waals surface area (Å²) in [6.07, 6.45) is 0. The molecule has 0 aliphatic heterocycles. The van der Waals surface area contributed by atoms with Crippen LogP contribution in [0.2, 0.25) is 0 Å². The Balaban J connectivity index is 1.64. The van der Waals surface area contributed by atoms with Gasteiger partial charge in [-0.3, -0.25) is 9.13 Å². The molecule has 2 amide bonds. The van der Waals surface area contributed by atoms with E-state index >= 15 is 0 Å². The van der Waals surface area contributed by atoms with Crippen LogP contribution in [0, 0.1) is 0 Å². The number of hydrogen-bond donors (Lipinski definition) is 2. The standard InChI is InChI=1S/C17H18N4O2/c1-20-14-9-5-6-10-15(14)21(17(20)23)12-11-18-16(22)19-13-7-3-2-4-8-13/h2-10H,11-12H2,1H3,(H2,18,19,22). The minimum atomic E-state index is -0.288. The summed E-state index contributed by atoms with van der Waals surface area (Å²) in [5.74, 6) is 0. The van der Waals surface area contributed by atoms with Crippen LogP contribution >= 0.6 is 0 Å². The second-order valence-electron chi connectivity index (χ2n) is 5.23. The molecule has 0 spiro atoms. The Morgan fingerprint density at radius 2 is 1.65 bits per heavy atom. The van der Waals surface area contributed by atoms with Crippen molar-refractivity contribution in [2.45, 2.75) is 6.54 Å². The van der Waals surface area contributed by atoms with Gasteiger partial charge in [-0.1, -0.05) is 30.3 Å². The molecular formula is C17H18N4O2. The van der Waals surface area contributed by atoms with Gasteiger partial charge < -0.3 is 10.6 Å². The molecule has 0 bridgehead atoms. The summed E-state index contributed by atoms with van der Waals surface area (Å²) in [7, 11) is 1.75. The monoisotopic (exact) mass is 310 g/mol. The summed E-state index contributed by atoms with van der Waals surface area (Å²) in [5.41, 5.74) is 2.39. The first-order valence-corrected chi connectivity index (χ1v) is 7.41. The van der Waals surface area contributed by atoms with Gasteiger partial charge in [0.2, 0.25) is 0 Å². The number of nitrogens with one attached hydrogen (secondary N) is 2. The van der Waals surface area contributed by atoms with E-state index in [0.717, 1.165) is 16.7 Å². The average Bonchev–Trinajstić information content (AvgIpc) is 2.81. The zero-order valence-electron chi connectivity index (χ0n) is 12.8. The number of aryl methyl sites for hydroxylation is 1. The first kappa shape index (κ1) is 14.9. The highest BCUT2D eigenvalue weighted by Crippen LogP contribution is 2.11. The van der Waals surface area contributed by atoms with Crippen molar-refractivity contribution < 1.29 is 4.79 Å². The third-order valence-electron chi connectivity index (χ3n) is 3.70. The molecule has 0 fully saturated rings. The first-order chi connectivity index (χ1) is 11.2. The van der Waals surface area contributed by atoms with Crippen LogP contribution in [0.15, 0.2) is 59.4 Å². The summed E-state index contributed by atoms with van der Waals surface area (Å²) in [4.78, 5) is 24.1. The number of aromatic nitrogens is 2. The van der Waals surface area contributed by atoms with Gasteiger partial charge in [-0.15, -0.1) is 0 Å². The molecule has 0 radical (unpaired) electrons. The van der Waals surface area contributed by atoms with E-state index in [1.807, 2.05) is 54.6 Å². The normalized spacial score (nSPS) is 10.7. The fourth-order valence-electron chi connectivity index (χ4n) is 2.56. The number of amides is 2. The number of fused-ring (bicyclic) bond motifs is 1. The summed E-state index contributed by atoms with van der Waals surface area (Å²) in [6.45, 7) is 0.787. The Bertz CT molecular complexity index is 880. The molecule has 1 aromatic heterocycles. The Labute approximate surface area is 133 Å². The molecule has 0 saturated heterocycles. The summed E-state index contributed by atoms with van der Waals surface area (Å²) < 4.78 is 3.28. The lowest BCUT2D eigenvalue weighted by Gasteiger charge is -2.08. The number of imidazole rings is 1. The molecule has 0 aliphatic rings. The number of urea groups is 1. The minimum absolute atomic E-state index is 0.0866. The molecule has 3 rings (SSSR count). The molecule has 0 saturated carbocycles. The maximum absolute atomic E-state index is 12.3. The van der Waals surface area contributed by atoms with Crippen molar-refractivity contribution in [3.05, 3.63) is 65.1 Å². The number of carbonyl (C=O) groups excluding carboxylic acids is 1. The van der Waals surface area contributed by atoms with Gasteiger partial charge in [-0.25, -0.2) is 9.59 Å². The summed E-state index contributed by atoms with van der Waals surface area (Å²) >= 11 is 0. The number of rotatable bonds is 4. The van der Waals surface area contributed by atoms with Gasteiger partial charge in [0.25, 0.3) is 0 Å². The SMILES string of the molecule is Cn1c(=O)n(CCNC(=O)Nc2ccccc2)c2ccccc21. The first-order valence-electron chi connectivity index (χ1n) is 7.41. The Morgan fingerprint density at radius 1 is 1.00 bits per heavy atom. The molecule has 0 aliphatic carbocycles. The van der Waals surface area contributed by atoms with Crippen molar-refractivity contribution in [2.75, 3.05) is 11.9 Å². The molecule has 2 aromatic carbocycles. The van der Waals surface area contributed by atoms with Crippen LogP contribution in [-0.2, 0) is 13.6 Å². The fraction of sp³-hybridized carbons (Fsp3) is 0.176. The molecule has 1 heterocycles. The quantitative estimate of drug-likeness (QED) is 0.775. The van der Waals surface area contributed by atoms with Gasteiger partial charge >= 0.3 is 11.7 Å². The van der Waals surface area contributed by atoms with E-state index in [0.29, 0.717) is 13.1 Å². The van der Waals surface area contributed by atoms with Gasteiger partial charge in [-0.05, 0) is 24.3 Å². The van der Waals surface area contributed by atoms with E-state index < -0.39 is 0 Å². The lowest BCUT2D eigenvalue weighted by molar-refractivity contribution is 0.251. The second kappa shape index (κ2) is 6.39. The predicted molar refractivity (Wildman–Crippen MR) is 90.6 cm³/mol. The van der Waals surface area contributed by atoms with E-state index in [1.165, 1.54) is 0 Å². The molecule has 2 N–H and O–H groups in total. The topological polar surface area (TPSA) is 68.1 Å². The van der Waals surface area contributed by atoms with E-state index in [-0.39, 0.29) is 11.7 Å². The lowest BCUT2D eigenvalue weighted by Crippen LogP contribution is -2.33. The number of para-hydroxylation sites is 3. The van der Waals surface area contributed by atoms with Gasteiger partial charge in [0.15, 0.2) is 0 Å². The highest BCUT2D eigenvalue weighted by Gasteiger charge is 2.09. The average molecular weight is 310 g/mol. The van der Waals surface area contributed by atoms with Crippen LogP contribution in [0.4, 0.5) is 10.5 Å². The molecule has 118 valence electrons. The lowest BCUT2D eigenvalue weighted by atomic mass is 10.3. The van der Waals surface area contributed by atoms with Crippen molar-refractivity contribution in [1.82, 2.24) is 14.5 Å². The van der Waals surface area contributed by atoms with Crippen LogP contribution in [-0.4, -0.2) is 21.7 Å². The second-order valence-corrected chi connectivity index (χ2v) is 5.23. The Morgan fingerprint density at radius 3 is 2.39 bits per heavy atom. The zero-order chi connectivity index (χ0) is 16.2. The van der Waals surface area contributed by atoms with Crippen LogP contribution in [0.5, 0.6) is 0 Å². The van der Waals surface area contributed by atoms with Gasteiger partial charge in [0.05, 0.1) is 11.0 Å². The maximum Gasteiger partial charge on any atom is 0.328 e. The Hall–Kier alpha value is -3.02. The molecule has 6 heteroatoms. The highest BCUT2D eigenvalue weighted by molar-refractivity contribution is 5.89. The van der Waals surface area contributed by atoms with Gasteiger partial charge in [-0.2, -0.15) is 0 Å². The number of nitrogens with zero attached hydrogens (tertiary/aromatic N) is 2. The van der Waals surface area contributed by atoms with Crippen LogP contribution in [0.3, 0.4) is 0 Å². The Kier molecular flexibility index (Phi) is 4.14. The number of benzene rings is 2. The predicted octanol–water partition coefficient (Wildman–Crippen LogP) is 2.16. The molecule has 6 nitrogen and oxygen atoms in total. The number of anilines is 1. The molecule has 23 heavy (non-hydrogen) atoms. The van der Waals surface area contributed by atoms with Crippen molar-refractivity contribution in [2.24, 2.45) is 7.05 Å². The highest BCUT2D eigenvalue weighted by atomic mass is 16.2. The van der Waals surface area contributed by atoms with Crippen molar-refractivity contribution in [3.8, 4) is 0 Å². The third kappa shape index (κ3) is 3.11. The largest absolute Gasteiger partial charge is 0.336 e. The smallest absolute Gasteiger partial charge is 0.328 e. The van der Waals surface area contributed by atoms with Crippen LogP contribution < -0.4 is 16.3 Å². The van der Waals surface area contributed by atoms with Crippen LogP contribution in [0.25, 0.3) is 11.0 Å². The number of hydrogen-bond acceptors (Lipinski definition) is 2. The number of carbonyl (C=O) groups is 1. The molecule has 0 atom stereocenters. The molecular weight excluding hydrogens is 292 g/mol. The van der Waals surface area contributed by atoms with Crippen molar-refractivity contribution in [1.29, 1.82) is 0 Å². The summed E-state index contributed by atoms with van der Waals surface area (Å²) in [6, 6.07) is 16.5. The van der Waals surface area contributed by atoms with Gasteiger partial charge in [0.1, 0.15) is 0 Å². The zero-order valence-corrected chi connectivity index (χ0v) is 12.8. The maximum atomic E-state index is 12.3. The fourth-order valence-corrected chi connectivity index (χ4v) is 2.56. The van der Waals surface area contributed by atoms with E-state index in [2.05, 4.69) is 10.6 Å². The van der Waals surface area contributed by atoms with Crippen molar-refractivity contribution in [3.63, 3.8) is 0 Å². The summed E-state index contributed by atoms with van der Waals surface area (Å²) in [5, 5.41) is 5.50. The van der Waals surface area contributed by atoms with Gasteiger partial charge in [0, 0.05) is 25.8 Å². The van der Waals surface area contributed by atoms with E-state index in [1.54, 1.807) is 16.2 Å².